The maximum absolute atomic E-state index is 13.0. The van der Waals surface area contributed by atoms with Crippen molar-refractivity contribution in [2.24, 2.45) is 7.05 Å². The van der Waals surface area contributed by atoms with Crippen LogP contribution in [-0.4, -0.2) is 28.3 Å². The number of anilines is 1. The van der Waals surface area contributed by atoms with E-state index >= 15 is 0 Å². The average Bonchev–Trinajstić information content (AvgIpc) is 2.71. The van der Waals surface area contributed by atoms with Gasteiger partial charge in [-0.2, -0.15) is 5.10 Å². The largest absolute Gasteiger partial charge is 0.452 e. The minimum Gasteiger partial charge on any atom is -0.452 e. The Morgan fingerprint density at radius 2 is 2.09 bits per heavy atom. The number of hydrogen-bond acceptors (Lipinski definition) is 4. The third-order valence-electron chi connectivity index (χ3n) is 3.17. The van der Waals surface area contributed by atoms with E-state index in [1.807, 2.05) is 6.92 Å². The quantitative estimate of drug-likeness (QED) is 0.877. The Morgan fingerprint density at radius 1 is 1.36 bits per heavy atom. The number of aryl methyl sites for hydroxylation is 2. The van der Waals surface area contributed by atoms with Crippen LogP contribution in [0.2, 0.25) is 0 Å². The second kappa shape index (κ2) is 6.38. The van der Waals surface area contributed by atoms with Crippen LogP contribution in [0.5, 0.6) is 0 Å². The molecule has 0 saturated carbocycles. The molecule has 6 nitrogen and oxygen atoms in total. The molecule has 22 heavy (non-hydrogen) atoms. The van der Waals surface area contributed by atoms with Gasteiger partial charge < -0.3 is 10.1 Å². The molecule has 1 heterocycles. The van der Waals surface area contributed by atoms with Crippen molar-refractivity contribution >= 4 is 17.6 Å². The second-order valence-corrected chi connectivity index (χ2v) is 4.80. The highest BCUT2D eigenvalue weighted by molar-refractivity contribution is 5.96. The molecule has 116 valence electrons. The van der Waals surface area contributed by atoms with Gasteiger partial charge >= 0.3 is 5.97 Å². The van der Waals surface area contributed by atoms with Crippen molar-refractivity contribution in [1.82, 2.24) is 9.78 Å². The van der Waals surface area contributed by atoms with Gasteiger partial charge in [-0.15, -0.1) is 0 Å². The maximum atomic E-state index is 13.0. The third-order valence-corrected chi connectivity index (χ3v) is 3.17. The maximum Gasteiger partial charge on any atom is 0.338 e. The molecule has 0 atom stereocenters. The highest BCUT2D eigenvalue weighted by Crippen LogP contribution is 2.18. The summed E-state index contributed by atoms with van der Waals surface area (Å²) in [6.45, 7) is 3.12. The van der Waals surface area contributed by atoms with Crippen LogP contribution in [-0.2, 0) is 16.6 Å². The number of nitrogens with zero attached hydrogens (tertiary/aromatic N) is 2. The molecule has 7 heteroatoms. The van der Waals surface area contributed by atoms with Crippen LogP contribution in [0.1, 0.15) is 21.7 Å². The lowest BCUT2D eigenvalue weighted by Gasteiger charge is -2.07. The molecule has 2 aromatic rings. The van der Waals surface area contributed by atoms with Crippen molar-refractivity contribution in [2.75, 3.05) is 11.9 Å². The first-order chi connectivity index (χ1) is 10.4. The summed E-state index contributed by atoms with van der Waals surface area (Å²) in [4.78, 5) is 23.5. The Morgan fingerprint density at radius 3 is 2.68 bits per heavy atom. The number of aromatic nitrogens is 2. The predicted molar refractivity (Wildman–Crippen MR) is 78.0 cm³/mol. The molecular formula is C15H16FN3O3. The van der Waals surface area contributed by atoms with Gasteiger partial charge in [0.1, 0.15) is 5.82 Å². The number of hydrogen-bond donors (Lipinski definition) is 1. The number of carbonyl (C=O) groups excluding carboxylic acids is 2. The van der Waals surface area contributed by atoms with Gasteiger partial charge in [0.05, 0.1) is 22.6 Å². The normalized spacial score (nSPS) is 10.4. The summed E-state index contributed by atoms with van der Waals surface area (Å²) in [6, 6.07) is 5.08. The molecule has 1 aromatic heterocycles. The fraction of sp³-hybridized carbons (Fsp3) is 0.267. The van der Waals surface area contributed by atoms with Gasteiger partial charge in [0.25, 0.3) is 5.91 Å². The highest BCUT2D eigenvalue weighted by Gasteiger charge is 2.15. The lowest BCUT2D eigenvalue weighted by atomic mass is 10.2. The first kappa shape index (κ1) is 15.7. The van der Waals surface area contributed by atoms with E-state index in [1.54, 1.807) is 18.7 Å². The Bertz CT molecular complexity index is 725. The van der Waals surface area contributed by atoms with E-state index in [0.717, 1.165) is 11.8 Å². The van der Waals surface area contributed by atoms with Crippen molar-refractivity contribution in [3.8, 4) is 0 Å². The summed E-state index contributed by atoms with van der Waals surface area (Å²) in [5.41, 5.74) is 2.11. The highest BCUT2D eigenvalue weighted by atomic mass is 19.1. The van der Waals surface area contributed by atoms with Crippen LogP contribution >= 0.6 is 0 Å². The van der Waals surface area contributed by atoms with Gasteiger partial charge in [-0.25, -0.2) is 9.18 Å². The molecule has 0 fully saturated rings. The molecule has 1 aromatic carbocycles. The molecule has 0 spiro atoms. The topological polar surface area (TPSA) is 73.2 Å². The Balaban J connectivity index is 1.94. The van der Waals surface area contributed by atoms with E-state index in [-0.39, 0.29) is 5.56 Å². The van der Waals surface area contributed by atoms with Crippen molar-refractivity contribution in [1.29, 1.82) is 0 Å². The molecule has 0 aliphatic carbocycles. The van der Waals surface area contributed by atoms with Crippen molar-refractivity contribution in [3.63, 3.8) is 0 Å². The summed E-state index contributed by atoms with van der Waals surface area (Å²) in [5.74, 6) is -1.78. The van der Waals surface area contributed by atoms with Crippen molar-refractivity contribution < 1.29 is 18.7 Å². The summed E-state index contributed by atoms with van der Waals surface area (Å²) < 4.78 is 19.5. The Kier molecular flexibility index (Phi) is 4.55. The fourth-order valence-corrected chi connectivity index (χ4v) is 1.96. The first-order valence-electron chi connectivity index (χ1n) is 6.61. The summed E-state index contributed by atoms with van der Waals surface area (Å²) in [6.07, 6.45) is 0. The van der Waals surface area contributed by atoms with Crippen molar-refractivity contribution in [2.45, 2.75) is 13.8 Å². The van der Waals surface area contributed by atoms with Crippen LogP contribution in [0.25, 0.3) is 0 Å². The van der Waals surface area contributed by atoms with E-state index in [4.69, 9.17) is 4.74 Å². The SMILES string of the molecule is Cc1nn(C)c(C)c1NC(=O)COC(=O)c1cccc(F)c1. The predicted octanol–water partition coefficient (Wildman–Crippen LogP) is 1.97. The first-order valence-corrected chi connectivity index (χ1v) is 6.61. The molecule has 0 aliphatic heterocycles. The minimum absolute atomic E-state index is 0.0570. The van der Waals surface area contributed by atoms with Crippen molar-refractivity contribution in [3.05, 3.63) is 47.0 Å². The number of nitrogens with one attached hydrogen (secondary N) is 1. The van der Waals surface area contributed by atoms with Gasteiger partial charge in [-0.1, -0.05) is 6.07 Å². The number of benzene rings is 1. The molecule has 0 radical (unpaired) electrons. The minimum atomic E-state index is -0.755. The standard InChI is InChI=1S/C15H16FN3O3/c1-9-14(10(2)19(3)18-9)17-13(20)8-22-15(21)11-5-4-6-12(16)7-11/h4-7H,8H2,1-3H3,(H,17,20). The van der Waals surface area contributed by atoms with Gasteiger partial charge in [0.2, 0.25) is 0 Å². The van der Waals surface area contributed by atoms with Crippen LogP contribution in [0.15, 0.2) is 24.3 Å². The third kappa shape index (κ3) is 3.49. The molecule has 1 amide bonds. The summed E-state index contributed by atoms with van der Waals surface area (Å²) in [5, 5.41) is 6.81. The summed E-state index contributed by atoms with van der Waals surface area (Å²) >= 11 is 0. The second-order valence-electron chi connectivity index (χ2n) is 4.80. The van der Waals surface area contributed by atoms with E-state index in [2.05, 4.69) is 10.4 Å². The number of esters is 1. The van der Waals surface area contributed by atoms with Crippen LogP contribution in [0.4, 0.5) is 10.1 Å². The van der Waals surface area contributed by atoms with Crippen LogP contribution < -0.4 is 5.32 Å². The lowest BCUT2D eigenvalue weighted by Crippen LogP contribution is -2.21. The number of amides is 1. The fourth-order valence-electron chi connectivity index (χ4n) is 1.96. The molecule has 0 aliphatic rings. The molecular weight excluding hydrogens is 289 g/mol. The zero-order valence-electron chi connectivity index (χ0n) is 12.5. The molecule has 1 N–H and O–H groups in total. The number of ether oxygens (including phenoxy) is 1. The van der Waals surface area contributed by atoms with E-state index in [1.165, 1.54) is 18.2 Å². The summed E-state index contributed by atoms with van der Waals surface area (Å²) in [7, 11) is 1.77. The Hall–Kier alpha value is -2.70. The van der Waals surface area contributed by atoms with E-state index in [9.17, 15) is 14.0 Å². The smallest absolute Gasteiger partial charge is 0.338 e. The number of halogens is 1. The van der Waals surface area contributed by atoms with Crippen LogP contribution in [0.3, 0.4) is 0 Å². The van der Waals surface area contributed by atoms with Gasteiger partial charge in [-0.3, -0.25) is 9.48 Å². The Labute approximate surface area is 126 Å². The van der Waals surface area contributed by atoms with Crippen LogP contribution in [0, 0.1) is 19.7 Å². The molecule has 0 bridgehead atoms. The van der Waals surface area contributed by atoms with Gasteiger partial charge in [0, 0.05) is 7.05 Å². The van der Waals surface area contributed by atoms with Gasteiger partial charge in [-0.05, 0) is 32.0 Å². The zero-order chi connectivity index (χ0) is 16.3. The van der Waals surface area contributed by atoms with E-state index < -0.39 is 24.3 Å². The van der Waals surface area contributed by atoms with E-state index in [0.29, 0.717) is 11.4 Å². The molecule has 2 rings (SSSR count). The zero-order valence-corrected chi connectivity index (χ0v) is 12.5. The number of carbonyl (C=O) groups is 2. The lowest BCUT2D eigenvalue weighted by molar-refractivity contribution is -0.119. The number of rotatable bonds is 4. The molecule has 0 saturated heterocycles. The van der Waals surface area contributed by atoms with Gasteiger partial charge in [0.15, 0.2) is 6.61 Å². The molecule has 0 unspecified atom stereocenters. The average molecular weight is 305 g/mol. The monoisotopic (exact) mass is 305 g/mol.